The SMILES string of the molecule is CCC(=Cc1oc2ccc3ccccc3c2[n+]1CCCCS(=O)(=O)O)C=C1Oc2ccc3ccccc3c2N1CCCCS(=O)(=O)O. The van der Waals surface area contributed by atoms with Crippen LogP contribution < -0.4 is 14.2 Å². The summed E-state index contributed by atoms with van der Waals surface area (Å²) >= 11 is 0. The van der Waals surface area contributed by atoms with Crippen molar-refractivity contribution in [1.29, 1.82) is 0 Å². The molecule has 10 nitrogen and oxygen atoms in total. The summed E-state index contributed by atoms with van der Waals surface area (Å²) in [5, 5.41) is 4.12. The van der Waals surface area contributed by atoms with Gasteiger partial charge in [0.15, 0.2) is 12.3 Å². The first-order valence-electron chi connectivity index (χ1n) is 15.6. The maximum Gasteiger partial charge on any atom is 0.374 e. The van der Waals surface area contributed by atoms with E-state index in [1.165, 1.54) is 0 Å². The van der Waals surface area contributed by atoms with Gasteiger partial charge in [-0.25, -0.2) is 0 Å². The van der Waals surface area contributed by atoms with Crippen LogP contribution in [0, 0.1) is 0 Å². The minimum Gasteiger partial charge on any atom is -0.439 e. The molecule has 0 bridgehead atoms. The minimum absolute atomic E-state index is 0.295. The van der Waals surface area contributed by atoms with E-state index in [1.807, 2.05) is 91.9 Å². The second-order valence-corrected chi connectivity index (χ2v) is 14.8. The van der Waals surface area contributed by atoms with Crippen LogP contribution in [-0.2, 0) is 26.8 Å². The molecule has 0 fully saturated rings. The molecule has 0 saturated heterocycles. The summed E-state index contributed by atoms with van der Waals surface area (Å²) in [6.45, 7) is 2.98. The number of hydrogen-bond acceptors (Lipinski definition) is 7. The molecule has 2 N–H and O–H groups in total. The number of rotatable bonds is 13. The molecule has 5 aromatic rings. The van der Waals surface area contributed by atoms with Crippen LogP contribution in [0.5, 0.6) is 5.75 Å². The van der Waals surface area contributed by atoms with Crippen molar-refractivity contribution in [2.24, 2.45) is 0 Å². The maximum atomic E-state index is 11.4. The average molecular weight is 678 g/mol. The van der Waals surface area contributed by atoms with Crippen LogP contribution >= 0.6 is 0 Å². The molecular weight excluding hydrogens is 641 g/mol. The Morgan fingerprint density at radius 2 is 1.45 bits per heavy atom. The Morgan fingerprint density at radius 3 is 2.15 bits per heavy atom. The van der Waals surface area contributed by atoms with Crippen molar-refractivity contribution >= 4 is 64.6 Å². The zero-order valence-electron chi connectivity index (χ0n) is 26.0. The van der Waals surface area contributed by atoms with Crippen molar-refractivity contribution in [3.63, 3.8) is 0 Å². The predicted octanol–water partition coefficient (Wildman–Crippen LogP) is 6.90. The quantitative estimate of drug-likeness (QED) is 0.0775. The van der Waals surface area contributed by atoms with Crippen molar-refractivity contribution in [2.45, 2.75) is 45.6 Å². The Morgan fingerprint density at radius 1 is 0.809 bits per heavy atom. The second kappa shape index (κ2) is 13.5. The van der Waals surface area contributed by atoms with Gasteiger partial charge in [0.25, 0.3) is 25.8 Å². The van der Waals surface area contributed by atoms with E-state index < -0.39 is 20.2 Å². The summed E-state index contributed by atoms with van der Waals surface area (Å²) in [6, 6.07) is 23.9. The van der Waals surface area contributed by atoms with E-state index in [0.717, 1.165) is 38.3 Å². The Kier molecular flexibility index (Phi) is 9.38. The van der Waals surface area contributed by atoms with Gasteiger partial charge in [-0.15, -0.1) is 0 Å². The monoisotopic (exact) mass is 677 g/mol. The Balaban J connectivity index is 1.40. The number of nitrogens with zero attached hydrogens (tertiary/aromatic N) is 2. The molecule has 0 unspecified atom stereocenters. The van der Waals surface area contributed by atoms with Gasteiger partial charge in [-0.1, -0.05) is 61.5 Å². The zero-order valence-corrected chi connectivity index (χ0v) is 27.6. The molecule has 0 amide bonds. The lowest BCUT2D eigenvalue weighted by Gasteiger charge is -2.20. The molecule has 47 heavy (non-hydrogen) atoms. The third-order valence-corrected chi connectivity index (χ3v) is 9.93. The topological polar surface area (TPSA) is 138 Å². The van der Waals surface area contributed by atoms with Crippen molar-refractivity contribution in [3.05, 3.63) is 96.2 Å². The normalized spacial score (nSPS) is 14.8. The highest BCUT2D eigenvalue weighted by molar-refractivity contribution is 7.86. The molecule has 0 radical (unpaired) electrons. The molecule has 0 aliphatic carbocycles. The molecule has 0 spiro atoms. The summed E-state index contributed by atoms with van der Waals surface area (Å²) in [5.41, 5.74) is 3.42. The number of oxazole rings is 1. The molecule has 1 aromatic heterocycles. The Labute approximate surface area is 274 Å². The molecule has 6 rings (SSSR count). The molecular formula is C35H37N2O8S2+. The number of hydrogen-bond donors (Lipinski definition) is 2. The average Bonchev–Trinajstić information content (AvgIpc) is 3.57. The molecule has 0 saturated carbocycles. The number of fused-ring (bicyclic) bond motifs is 6. The third-order valence-electron chi connectivity index (χ3n) is 8.32. The van der Waals surface area contributed by atoms with Crippen LogP contribution in [0.1, 0.15) is 44.9 Å². The van der Waals surface area contributed by atoms with Gasteiger partial charge in [0.1, 0.15) is 0 Å². The van der Waals surface area contributed by atoms with Gasteiger partial charge in [0.05, 0.1) is 28.7 Å². The number of allylic oxidation sites excluding steroid dienone is 2. The van der Waals surface area contributed by atoms with Crippen LogP contribution in [0.15, 0.2) is 94.7 Å². The van der Waals surface area contributed by atoms with E-state index in [-0.39, 0.29) is 11.5 Å². The number of aromatic nitrogens is 1. The van der Waals surface area contributed by atoms with Crippen LogP contribution in [0.2, 0.25) is 0 Å². The maximum absolute atomic E-state index is 11.4. The van der Waals surface area contributed by atoms with Gasteiger partial charge in [-0.2, -0.15) is 21.4 Å². The third kappa shape index (κ3) is 7.51. The van der Waals surface area contributed by atoms with Crippen molar-refractivity contribution < 1.29 is 39.7 Å². The van der Waals surface area contributed by atoms with Gasteiger partial charge in [0, 0.05) is 24.4 Å². The summed E-state index contributed by atoms with van der Waals surface area (Å²) in [6.07, 6.45) is 6.18. The molecule has 246 valence electrons. The highest BCUT2D eigenvalue weighted by Crippen LogP contribution is 2.44. The fourth-order valence-electron chi connectivity index (χ4n) is 6.08. The first kappa shape index (κ1) is 32.7. The smallest absolute Gasteiger partial charge is 0.374 e. The van der Waals surface area contributed by atoms with Crippen molar-refractivity contribution in [2.75, 3.05) is 23.0 Å². The van der Waals surface area contributed by atoms with E-state index in [0.29, 0.717) is 68.3 Å². The van der Waals surface area contributed by atoms with E-state index in [2.05, 4.69) is 9.47 Å². The molecule has 0 atom stereocenters. The fraction of sp³-hybridized carbons (Fsp3) is 0.286. The van der Waals surface area contributed by atoms with E-state index in [4.69, 9.17) is 9.15 Å². The lowest BCUT2D eigenvalue weighted by molar-refractivity contribution is -0.677. The summed E-state index contributed by atoms with van der Waals surface area (Å²) < 4.78 is 78.9. The minimum atomic E-state index is -4.06. The van der Waals surface area contributed by atoms with Crippen molar-refractivity contribution in [3.8, 4) is 5.75 Å². The molecule has 1 aliphatic rings. The summed E-state index contributed by atoms with van der Waals surface area (Å²) in [5.74, 6) is 1.27. The van der Waals surface area contributed by atoms with Gasteiger partial charge in [-0.05, 0) is 60.2 Å². The van der Waals surface area contributed by atoms with Gasteiger partial charge >= 0.3 is 5.89 Å². The lowest BCUT2D eigenvalue weighted by atomic mass is 10.1. The Bertz CT molecular complexity index is 2240. The number of unbranched alkanes of at least 4 members (excludes halogenated alkanes) is 2. The fourth-order valence-corrected chi connectivity index (χ4v) is 7.22. The number of benzene rings is 4. The van der Waals surface area contributed by atoms with E-state index in [9.17, 15) is 25.9 Å². The predicted molar refractivity (Wildman–Crippen MR) is 183 cm³/mol. The van der Waals surface area contributed by atoms with Crippen LogP contribution in [0.25, 0.3) is 38.7 Å². The lowest BCUT2D eigenvalue weighted by Crippen LogP contribution is -2.35. The van der Waals surface area contributed by atoms with Gasteiger partial charge < -0.3 is 14.1 Å². The standard InChI is InChI=1S/C35H36N2O8S2/c1-2-25(23-32-36(19-7-9-21-46(38,39)40)34-28-13-5-3-11-26(28)15-17-30(34)44-32)24-33-37(20-8-10-22-47(41,42)43)35-29-14-6-4-12-27(29)16-18-31(35)45-33/h3-6,11-18,23-24H,2,7-10,19-22H2,1H3,(H-,38,39,40,41,42,43)/p+1. The highest BCUT2D eigenvalue weighted by Gasteiger charge is 2.29. The summed E-state index contributed by atoms with van der Waals surface area (Å²) in [4.78, 5) is 2.06. The van der Waals surface area contributed by atoms with Crippen molar-refractivity contribution in [1.82, 2.24) is 0 Å². The van der Waals surface area contributed by atoms with Crippen LogP contribution in [-0.4, -0.2) is 44.0 Å². The number of anilines is 1. The van der Waals surface area contributed by atoms with E-state index in [1.54, 1.807) is 0 Å². The molecule has 2 heterocycles. The largest absolute Gasteiger partial charge is 0.439 e. The summed E-state index contributed by atoms with van der Waals surface area (Å²) in [7, 11) is -8.12. The van der Waals surface area contributed by atoms with E-state index >= 15 is 0 Å². The Hall–Kier alpha value is -4.23. The highest BCUT2D eigenvalue weighted by atomic mass is 32.2. The first-order valence-corrected chi connectivity index (χ1v) is 18.9. The van der Waals surface area contributed by atoms with Crippen LogP contribution in [0.4, 0.5) is 5.69 Å². The second-order valence-electron chi connectivity index (χ2n) is 11.7. The molecule has 12 heteroatoms. The zero-order chi connectivity index (χ0) is 33.2. The number of aryl methyl sites for hydroxylation is 1. The molecule has 4 aromatic carbocycles. The van der Waals surface area contributed by atoms with Gasteiger partial charge in [-0.3, -0.25) is 9.11 Å². The van der Waals surface area contributed by atoms with Gasteiger partial charge in [0.2, 0.25) is 11.5 Å². The molecule has 1 aliphatic heterocycles. The first-order chi connectivity index (χ1) is 22.5. The number of ether oxygens (including phenoxy) is 1. The van der Waals surface area contributed by atoms with Crippen LogP contribution in [0.3, 0.4) is 0 Å².